The molecule has 14 aromatic carbocycles. The summed E-state index contributed by atoms with van der Waals surface area (Å²) in [5, 5.41) is -20.1. The fraction of sp³-hybridized carbons (Fsp3) is 0.414. The molecule has 18 aliphatic rings. The Morgan fingerprint density at radius 1 is 0.183 bits per heavy atom. The maximum Gasteiger partial charge on any atom is 0.337 e. The van der Waals surface area contributed by atoms with Crippen molar-refractivity contribution in [3.8, 4) is 0 Å². The van der Waals surface area contributed by atoms with Gasteiger partial charge in [-0.25, -0.2) is 65.9 Å². The highest BCUT2D eigenvalue weighted by atomic mass is 19.2. The smallest absolute Gasteiger partial charge is 0.337 e. The Hall–Kier alpha value is -11.3. The summed E-state index contributed by atoms with van der Waals surface area (Å²) >= 11 is 0. The first kappa shape index (κ1) is 65.6. The molecule has 0 spiro atoms. The maximum atomic E-state index is 25.1. The molecule has 0 saturated heterocycles. The van der Waals surface area contributed by atoms with Crippen molar-refractivity contribution in [1.82, 2.24) is 0 Å². The van der Waals surface area contributed by atoms with Crippen molar-refractivity contribution in [2.45, 2.75) is 154 Å². The molecule has 0 aromatic heterocycles. The topological polar surface area (TPSA) is 237 Å². The van der Waals surface area contributed by atoms with Gasteiger partial charge in [0.15, 0.2) is 0 Å². The van der Waals surface area contributed by atoms with Crippen molar-refractivity contribution in [3.63, 3.8) is 0 Å². The fourth-order valence-electron chi connectivity index (χ4n) is 34.1. The van der Waals surface area contributed by atoms with Gasteiger partial charge in [-0.15, -0.1) is 0 Å². The normalized spacial score (nSPS) is 39.9. The van der Waals surface area contributed by atoms with E-state index in [4.69, 9.17) is 42.6 Å². The number of hydrogen-bond donors (Lipinski definition) is 0. The molecule has 16 atom stereocenters. The van der Waals surface area contributed by atoms with Crippen LogP contribution in [0.4, 0.5) is 65.9 Å². The zero-order chi connectivity index (χ0) is 84.3. The van der Waals surface area contributed by atoms with Crippen LogP contribution in [0, 0.1) is 16.2 Å². The number of halogens is 15. The number of methoxy groups -OCH3 is 7. The minimum atomic E-state index is -6.82. The number of ether oxygens (including phenoxy) is 9. The van der Waals surface area contributed by atoms with Crippen molar-refractivity contribution in [2.75, 3.05) is 49.8 Å². The first-order valence-electron chi connectivity index (χ1n) is 38.3. The number of esters is 9. The Morgan fingerprint density at radius 3 is 0.458 bits per heavy atom. The molecule has 16 unspecified atom stereocenters. The molecule has 120 heavy (non-hydrogen) atoms. The van der Waals surface area contributed by atoms with Gasteiger partial charge in [-0.1, -0.05) is 0 Å². The molecule has 0 radical (unpaired) electrons. The predicted octanol–water partition coefficient (Wildman–Crippen LogP) is 13.1. The lowest BCUT2D eigenvalue weighted by Gasteiger charge is -2.71. The average molecular weight is 1660 g/mol. The number of carbonyl (C=O) groups excluding carboxylic acids is 9. The number of benzene rings is 11. The van der Waals surface area contributed by atoms with E-state index in [1.165, 1.54) is 0 Å². The summed E-state index contributed by atoms with van der Waals surface area (Å²) in [6.07, 6.45) is 0. The SMILES string of the molecule is COC(=O)C(C(=O)OC)(C(=O)OC)C12c3c4c5c6c7c8c9c%10c%11c%12c%13c%14c%15c%16c%17c%18c%19c(c1c1c3c3c5c8c5c3c3c1c%19c%16c3c1c%15c%12c9c51)C1(F)C%18(F)C3(F)c5c8c9c%12c%15c5C(F)(C%13(F)C%11(F)C%15(F)C(F)(C%12(F)C6(F)C4(F)C9(F)C2(F)C81F)C7%10C(C(=O)OC)(C(=O)OC)C(=O)OC)C3(F)C%17%14C(C(=O)OC)(C(=O)OC(C)(C)C)C(=O)OC(C)(C)C. The molecule has 0 bridgehead atoms. The third-order valence-corrected chi connectivity index (χ3v) is 35.1. The lowest BCUT2D eigenvalue weighted by Crippen LogP contribution is -2.90. The summed E-state index contributed by atoms with van der Waals surface area (Å²) in [6.45, 7) is 6.09. The molecule has 18 nitrogen and oxygen atoms in total. The average Bonchev–Trinajstić information content (AvgIpc) is 1.33. The predicted molar refractivity (Wildman–Crippen MR) is 374 cm³/mol. The van der Waals surface area contributed by atoms with Crippen molar-refractivity contribution in [1.29, 1.82) is 0 Å². The van der Waals surface area contributed by atoms with Crippen molar-refractivity contribution in [2.24, 2.45) is 16.2 Å². The van der Waals surface area contributed by atoms with E-state index in [9.17, 15) is 0 Å². The molecule has 0 N–H and O–H groups in total. The van der Waals surface area contributed by atoms with E-state index in [-0.39, 0.29) is 0 Å². The van der Waals surface area contributed by atoms with Gasteiger partial charge in [0.2, 0.25) is 85.0 Å². The van der Waals surface area contributed by atoms with Gasteiger partial charge >= 0.3 is 53.7 Å². The van der Waals surface area contributed by atoms with Crippen molar-refractivity contribution < 1.29 is 152 Å². The second-order valence-corrected chi connectivity index (χ2v) is 38.6. The molecular formula is C87H39F15O18. The fourth-order valence-corrected chi connectivity index (χ4v) is 34.1. The minimum absolute atomic E-state index is 0.332. The molecule has 0 amide bonds. The standard InChI is InChI=1S/C87H39F15O18/c1-65(2,3)119-63(110)69(62(109)118-13,64(111)120-66(4,5)6)72-42-33-24-18-16-14-15-17-19(18)25-28-23(17)32-30-21(15)26-20(14)29-31-22(16)27(24)36-46-40(31)70(67(56(103)112-7,57(104)113-8)58(105)114-9)38(29)44-35(26)45-39(30)71(68(59(106)115-10,60(107)116-11)61(108)117-12)41(32)47-37(28)49(43(72)34(25)33)78(93)76(47,91)82(97)53-51-50-52-54-55(53)84(78,99)87(72,102)83(54,98)77(92,48(36)42)75(46,90)81(52,96)85(70,100)79(50,94)73(44,88)74(45,89)80(51,95)86(71,82)101/h1-13H3. The monoisotopic (exact) mass is 1660 g/mol. The van der Waals surface area contributed by atoms with Gasteiger partial charge in [-0.3, -0.25) is 43.2 Å². The quantitative estimate of drug-likeness (QED) is 0.0363. The molecule has 32 rings (SSSR count). The number of carbonyl (C=O) groups is 9. The number of rotatable bonds is 12. The molecule has 0 saturated carbocycles. The van der Waals surface area contributed by atoms with Crippen LogP contribution in [-0.2, 0) is 170 Å². The number of hydrogen-bond acceptors (Lipinski definition) is 18. The van der Waals surface area contributed by atoms with Gasteiger partial charge in [0.25, 0.3) is 16.2 Å². The van der Waals surface area contributed by atoms with Gasteiger partial charge < -0.3 is 42.6 Å². The van der Waals surface area contributed by atoms with Crippen LogP contribution in [-0.4, -0.2) is 132 Å². The third-order valence-electron chi connectivity index (χ3n) is 35.1. The minimum Gasteiger partial charge on any atom is -0.468 e. The summed E-state index contributed by atoms with van der Waals surface area (Å²) in [5.74, 6) is -23.9. The summed E-state index contributed by atoms with van der Waals surface area (Å²) < 4.78 is 415. The Kier molecular flexibility index (Phi) is 8.04. The van der Waals surface area contributed by atoms with E-state index >= 15 is 109 Å². The first-order valence-corrected chi connectivity index (χ1v) is 38.3. The first-order chi connectivity index (χ1) is 56.1. The van der Waals surface area contributed by atoms with Crippen LogP contribution < -0.4 is 0 Å². The van der Waals surface area contributed by atoms with Gasteiger partial charge in [-0.2, -0.15) is 0 Å². The zero-order valence-electron chi connectivity index (χ0n) is 63.0. The van der Waals surface area contributed by atoms with Crippen LogP contribution in [0.15, 0.2) is 0 Å². The maximum absolute atomic E-state index is 25.1. The van der Waals surface area contributed by atoms with Crippen molar-refractivity contribution >= 4 is 183 Å². The van der Waals surface area contributed by atoms with Gasteiger partial charge in [-0.05, 0) is 204 Å². The molecule has 33 heteroatoms. The second-order valence-electron chi connectivity index (χ2n) is 38.6. The zero-order valence-corrected chi connectivity index (χ0v) is 63.0. The van der Waals surface area contributed by atoms with Gasteiger partial charge in [0.05, 0.1) is 49.8 Å². The summed E-state index contributed by atoms with van der Waals surface area (Å²) in [4.78, 5) is 154. The van der Waals surface area contributed by atoms with E-state index in [1.807, 2.05) is 0 Å². The lowest BCUT2D eigenvalue weighted by atomic mass is 9.32. The molecule has 14 aromatic rings. The Bertz CT molecular complexity index is 7420. The molecular weight excluding hydrogens is 1620 g/mol. The summed E-state index contributed by atoms with van der Waals surface area (Å²) in [6, 6.07) is 0. The largest absolute Gasteiger partial charge is 0.468 e. The highest BCUT2D eigenvalue weighted by Crippen LogP contribution is 3.08. The van der Waals surface area contributed by atoms with E-state index < -0.39 is 412 Å². The van der Waals surface area contributed by atoms with Crippen LogP contribution in [0.25, 0.3) is 129 Å². The summed E-state index contributed by atoms with van der Waals surface area (Å²) in [5.41, 5.74) is -179. The molecule has 0 fully saturated rings. The molecule has 600 valence electrons. The van der Waals surface area contributed by atoms with Crippen LogP contribution in [0.2, 0.25) is 0 Å². The molecule has 0 aliphatic heterocycles. The van der Waals surface area contributed by atoms with E-state index in [0.29, 0.717) is 49.8 Å². The Morgan fingerprint density at radius 2 is 0.317 bits per heavy atom. The van der Waals surface area contributed by atoms with E-state index in [1.54, 1.807) is 0 Å². The molecule has 18 aliphatic carbocycles. The van der Waals surface area contributed by atoms with Crippen molar-refractivity contribution in [3.05, 3.63) is 100 Å². The van der Waals surface area contributed by atoms with Crippen LogP contribution in [0.3, 0.4) is 0 Å². The van der Waals surface area contributed by atoms with Gasteiger partial charge in [0.1, 0.15) is 27.4 Å². The Labute approximate surface area is 652 Å². The Balaban J connectivity index is 1.07. The van der Waals surface area contributed by atoms with Crippen LogP contribution >= 0.6 is 0 Å². The highest BCUT2D eigenvalue weighted by Gasteiger charge is 3.20. The summed E-state index contributed by atoms with van der Waals surface area (Å²) in [7, 11) is 2.35. The van der Waals surface area contributed by atoms with Crippen LogP contribution in [0.1, 0.15) is 142 Å². The second kappa shape index (κ2) is 14.7. The van der Waals surface area contributed by atoms with Gasteiger partial charge in [0, 0.05) is 66.8 Å². The lowest BCUT2D eigenvalue weighted by molar-refractivity contribution is -0.371. The molecule has 0 heterocycles. The third kappa shape index (κ3) is 3.55. The van der Waals surface area contributed by atoms with Crippen LogP contribution in [0.5, 0.6) is 0 Å². The van der Waals surface area contributed by atoms with E-state index in [2.05, 4.69) is 0 Å². The number of alkyl halides is 15. The highest BCUT2D eigenvalue weighted by molar-refractivity contribution is 6.68. The van der Waals surface area contributed by atoms with E-state index in [0.717, 1.165) is 41.5 Å².